The number of nitrogens with one attached hydrogen (secondary N) is 2. The van der Waals surface area contributed by atoms with Gasteiger partial charge in [0.15, 0.2) is 5.15 Å². The van der Waals surface area contributed by atoms with Crippen LogP contribution in [0.15, 0.2) is 36.7 Å². The topological polar surface area (TPSA) is 85.3 Å². The molecule has 0 fully saturated rings. The van der Waals surface area contributed by atoms with E-state index in [9.17, 15) is 9.59 Å². The first kappa shape index (κ1) is 20.1. The Morgan fingerprint density at radius 2 is 1.85 bits per heavy atom. The number of rotatable bonds is 8. The van der Waals surface area contributed by atoms with E-state index in [-0.39, 0.29) is 16.9 Å². The van der Waals surface area contributed by atoms with Gasteiger partial charge in [0.2, 0.25) is 0 Å². The van der Waals surface area contributed by atoms with E-state index in [2.05, 4.69) is 28.0 Å². The first-order valence-electron chi connectivity index (χ1n) is 8.18. The summed E-state index contributed by atoms with van der Waals surface area (Å²) in [6, 6.07) is 10.2. The molecule has 0 unspecified atom stereocenters. The highest BCUT2D eigenvalue weighted by molar-refractivity contribution is 6.40. The minimum Gasteiger partial charge on any atom is -0.448 e. The number of hydrogen-bond donors (Lipinski definition) is 2. The van der Waals surface area contributed by atoms with Gasteiger partial charge in [-0.2, -0.15) is 0 Å². The molecule has 0 radical (unpaired) electrons. The Morgan fingerprint density at radius 3 is 2.54 bits per heavy atom. The van der Waals surface area contributed by atoms with Gasteiger partial charge in [0.05, 0.1) is 12.9 Å². The van der Waals surface area contributed by atoms with Crippen LogP contribution in [-0.2, 0) is 22.5 Å². The van der Waals surface area contributed by atoms with Crippen LogP contribution in [0.1, 0.15) is 24.8 Å². The van der Waals surface area contributed by atoms with Crippen LogP contribution < -0.4 is 10.9 Å². The van der Waals surface area contributed by atoms with Crippen molar-refractivity contribution in [2.75, 3.05) is 6.61 Å². The van der Waals surface area contributed by atoms with Crippen molar-refractivity contribution in [1.29, 1.82) is 0 Å². The molecule has 0 bridgehead atoms. The summed E-state index contributed by atoms with van der Waals surface area (Å²) in [6.45, 7) is 0.164. The van der Waals surface area contributed by atoms with Crippen LogP contribution in [-0.4, -0.2) is 28.2 Å². The number of aromatic nitrogens is 2. The molecule has 9 heteroatoms. The van der Waals surface area contributed by atoms with Gasteiger partial charge >= 0.3 is 6.09 Å². The second-order valence-corrected chi connectivity index (χ2v) is 6.28. The zero-order valence-corrected chi connectivity index (χ0v) is 15.6. The van der Waals surface area contributed by atoms with E-state index >= 15 is 0 Å². The summed E-state index contributed by atoms with van der Waals surface area (Å²) in [4.78, 5) is 27.0. The number of halogens is 2. The second kappa shape index (κ2) is 10.7. The molecule has 0 aliphatic heterocycles. The van der Waals surface area contributed by atoms with Crippen molar-refractivity contribution in [3.63, 3.8) is 0 Å². The number of amides is 2. The molecule has 0 saturated heterocycles. The minimum absolute atomic E-state index is 0.110. The van der Waals surface area contributed by atoms with E-state index in [4.69, 9.17) is 27.9 Å². The van der Waals surface area contributed by atoms with Crippen LogP contribution in [0.5, 0.6) is 0 Å². The maximum absolute atomic E-state index is 11.7. The Hall–Kier alpha value is -2.25. The summed E-state index contributed by atoms with van der Waals surface area (Å²) in [7, 11) is 0. The van der Waals surface area contributed by atoms with Gasteiger partial charge in [-0.1, -0.05) is 53.5 Å². The molecular weight excluding hydrogens is 379 g/mol. The van der Waals surface area contributed by atoms with Crippen molar-refractivity contribution in [2.45, 2.75) is 32.2 Å². The number of benzene rings is 1. The lowest BCUT2D eigenvalue weighted by Crippen LogP contribution is -2.43. The Labute approximate surface area is 161 Å². The van der Waals surface area contributed by atoms with Crippen LogP contribution >= 0.6 is 23.2 Å². The van der Waals surface area contributed by atoms with E-state index in [1.54, 1.807) is 0 Å². The predicted octanol–water partition coefficient (Wildman–Crippen LogP) is 3.36. The number of nitrogens with zero attached hydrogens (tertiary/aromatic N) is 2. The van der Waals surface area contributed by atoms with E-state index in [1.807, 2.05) is 18.2 Å². The van der Waals surface area contributed by atoms with Crippen LogP contribution in [0.2, 0.25) is 10.3 Å². The third-order valence-corrected chi connectivity index (χ3v) is 4.31. The molecule has 1 heterocycles. The summed E-state index contributed by atoms with van der Waals surface area (Å²) >= 11 is 11.5. The first-order valence-corrected chi connectivity index (χ1v) is 8.93. The highest BCUT2D eigenvalue weighted by Crippen LogP contribution is 2.18. The zero-order valence-electron chi connectivity index (χ0n) is 14.1. The van der Waals surface area contributed by atoms with E-state index in [0.717, 1.165) is 25.7 Å². The van der Waals surface area contributed by atoms with Gasteiger partial charge in [-0.15, -0.1) is 0 Å². The Kier molecular flexibility index (Phi) is 8.24. The average Bonchev–Trinajstić information content (AvgIpc) is 2.96. The number of ether oxygens (including phenoxy) is 1. The van der Waals surface area contributed by atoms with Gasteiger partial charge in [0, 0.05) is 0 Å². The average molecular weight is 399 g/mol. The number of carbonyl (C=O) groups excluding carboxylic acids is 2. The molecule has 7 nitrogen and oxygen atoms in total. The molecule has 2 aromatic rings. The van der Waals surface area contributed by atoms with Crippen molar-refractivity contribution in [2.24, 2.45) is 0 Å². The van der Waals surface area contributed by atoms with Crippen LogP contribution in [0.3, 0.4) is 0 Å². The van der Waals surface area contributed by atoms with Crippen molar-refractivity contribution in [1.82, 2.24) is 20.4 Å². The molecule has 0 atom stereocenters. The third-order valence-electron chi connectivity index (χ3n) is 3.54. The van der Waals surface area contributed by atoms with Crippen molar-refractivity contribution in [3.8, 4) is 0 Å². The lowest BCUT2D eigenvalue weighted by atomic mass is 10.1. The summed E-state index contributed by atoms with van der Waals surface area (Å²) in [6.07, 6.45) is 4.37. The molecule has 2 amide bonds. The summed E-state index contributed by atoms with van der Waals surface area (Å²) in [5, 5.41) is 0.263. The highest BCUT2D eigenvalue weighted by atomic mass is 35.5. The van der Waals surface area contributed by atoms with E-state index < -0.39 is 12.0 Å². The zero-order chi connectivity index (χ0) is 18.8. The second-order valence-electron chi connectivity index (χ2n) is 5.56. The molecule has 1 aromatic carbocycles. The normalized spacial score (nSPS) is 10.4. The molecule has 140 valence electrons. The molecule has 2 N–H and O–H groups in total. The lowest BCUT2D eigenvalue weighted by molar-refractivity contribution is -0.122. The quantitative estimate of drug-likeness (QED) is 0.527. The van der Waals surface area contributed by atoms with Crippen molar-refractivity contribution in [3.05, 3.63) is 52.5 Å². The number of hydrogen-bond acceptors (Lipinski definition) is 4. The minimum atomic E-state index is -0.712. The van der Waals surface area contributed by atoms with Gasteiger partial charge in [-0.25, -0.2) is 15.2 Å². The van der Waals surface area contributed by atoms with Crippen LogP contribution in [0.25, 0.3) is 0 Å². The fraction of sp³-hybridized carbons (Fsp3) is 0.353. The molecule has 0 aliphatic carbocycles. The van der Waals surface area contributed by atoms with Crippen molar-refractivity contribution < 1.29 is 14.3 Å². The lowest BCUT2D eigenvalue weighted by Gasteiger charge is -2.09. The molecule has 26 heavy (non-hydrogen) atoms. The van der Waals surface area contributed by atoms with Gasteiger partial charge in [0.25, 0.3) is 5.91 Å². The highest BCUT2D eigenvalue weighted by Gasteiger charge is 2.11. The third kappa shape index (κ3) is 6.93. The van der Waals surface area contributed by atoms with E-state index in [1.165, 1.54) is 16.5 Å². The number of imidazole rings is 1. The predicted molar refractivity (Wildman–Crippen MR) is 98.9 cm³/mol. The molecule has 0 saturated carbocycles. The Morgan fingerprint density at radius 1 is 1.08 bits per heavy atom. The SMILES string of the molecule is O=C(Cn1cnc(Cl)c1Cl)NNC(=O)OCCCCCc1ccccc1. The maximum atomic E-state index is 11.7. The molecular formula is C17H20Cl2N4O3. The first-order chi connectivity index (χ1) is 12.6. The Balaban J connectivity index is 1.52. The maximum Gasteiger partial charge on any atom is 0.426 e. The smallest absolute Gasteiger partial charge is 0.426 e. The van der Waals surface area contributed by atoms with Crippen LogP contribution in [0, 0.1) is 0 Å². The largest absolute Gasteiger partial charge is 0.448 e. The van der Waals surface area contributed by atoms with E-state index in [0.29, 0.717) is 6.61 Å². The van der Waals surface area contributed by atoms with Gasteiger partial charge in [0.1, 0.15) is 11.7 Å². The van der Waals surface area contributed by atoms with Gasteiger partial charge in [-0.3, -0.25) is 10.2 Å². The van der Waals surface area contributed by atoms with Crippen LogP contribution in [0.4, 0.5) is 4.79 Å². The fourth-order valence-electron chi connectivity index (χ4n) is 2.22. The Bertz CT molecular complexity index is 722. The number of aryl methyl sites for hydroxylation is 1. The molecule has 0 spiro atoms. The summed E-state index contributed by atoms with van der Waals surface area (Å²) in [5.41, 5.74) is 5.70. The molecule has 1 aromatic heterocycles. The monoisotopic (exact) mass is 398 g/mol. The molecule has 2 rings (SSSR count). The standard InChI is InChI=1S/C17H20Cl2N4O3/c18-15-16(19)23(12-20-15)11-14(24)21-22-17(25)26-10-6-2-5-9-13-7-3-1-4-8-13/h1,3-4,7-8,12H,2,5-6,9-11H2,(H,21,24)(H,22,25). The summed E-state index contributed by atoms with van der Waals surface area (Å²) < 4.78 is 6.34. The summed E-state index contributed by atoms with van der Waals surface area (Å²) in [5.74, 6) is -0.485. The number of unbranched alkanes of at least 4 members (excludes halogenated alkanes) is 2. The van der Waals surface area contributed by atoms with Crippen molar-refractivity contribution >= 4 is 35.2 Å². The fourth-order valence-corrected chi connectivity index (χ4v) is 2.53. The number of carbonyl (C=O) groups is 2. The van der Waals surface area contributed by atoms with Gasteiger partial charge in [-0.05, 0) is 31.2 Å². The van der Waals surface area contributed by atoms with Gasteiger partial charge < -0.3 is 9.30 Å². The molecule has 0 aliphatic rings. The number of hydrazine groups is 1.